The van der Waals surface area contributed by atoms with E-state index in [-0.39, 0.29) is 5.54 Å². The van der Waals surface area contributed by atoms with E-state index in [2.05, 4.69) is 42.4 Å². The van der Waals surface area contributed by atoms with E-state index in [0.29, 0.717) is 23.9 Å². The lowest BCUT2D eigenvalue weighted by molar-refractivity contribution is 0.383. The van der Waals surface area contributed by atoms with Crippen LogP contribution in [-0.4, -0.2) is 15.7 Å². The molecule has 0 bridgehead atoms. The maximum Gasteiger partial charge on any atom is 0.247 e. The Kier molecular flexibility index (Phi) is 3.63. The molecule has 2 rings (SSSR count). The van der Waals surface area contributed by atoms with Crippen molar-refractivity contribution in [1.29, 1.82) is 5.26 Å². The monoisotopic (exact) mass is 256 g/mol. The van der Waals surface area contributed by atoms with Crippen LogP contribution < -0.4 is 5.32 Å². The Hall–Kier alpha value is -2.19. The summed E-state index contributed by atoms with van der Waals surface area (Å²) in [4.78, 5) is 0. The largest absolute Gasteiger partial charge is 0.419 e. The second kappa shape index (κ2) is 5.21. The van der Waals surface area contributed by atoms with Crippen LogP contribution in [0.1, 0.15) is 32.2 Å². The lowest BCUT2D eigenvalue weighted by Gasteiger charge is -2.18. The molecule has 5 nitrogen and oxygen atoms in total. The highest BCUT2D eigenvalue weighted by Gasteiger charge is 2.13. The summed E-state index contributed by atoms with van der Waals surface area (Å²) >= 11 is 0. The predicted octanol–water partition coefficient (Wildman–Crippen LogP) is 2.50. The van der Waals surface area contributed by atoms with Crippen LogP contribution in [0.2, 0.25) is 0 Å². The quantitative estimate of drug-likeness (QED) is 0.913. The van der Waals surface area contributed by atoms with Crippen LogP contribution in [-0.2, 0) is 6.54 Å². The highest BCUT2D eigenvalue weighted by molar-refractivity contribution is 5.55. The molecule has 2 aromatic rings. The molecule has 0 unspecified atom stereocenters. The van der Waals surface area contributed by atoms with Crippen LogP contribution in [0.15, 0.2) is 28.7 Å². The fourth-order valence-electron chi connectivity index (χ4n) is 1.50. The average Bonchev–Trinajstić information content (AvgIpc) is 2.84. The van der Waals surface area contributed by atoms with Gasteiger partial charge in [0.15, 0.2) is 0 Å². The number of nitriles is 1. The van der Waals surface area contributed by atoms with Crippen molar-refractivity contribution in [1.82, 2.24) is 15.5 Å². The molecule has 1 N–H and O–H groups in total. The number of nitrogens with one attached hydrogen (secondary N) is 1. The van der Waals surface area contributed by atoms with Gasteiger partial charge < -0.3 is 9.73 Å². The zero-order valence-corrected chi connectivity index (χ0v) is 11.3. The van der Waals surface area contributed by atoms with Crippen LogP contribution in [0.4, 0.5) is 0 Å². The molecule has 0 aliphatic heterocycles. The molecule has 0 aliphatic carbocycles. The van der Waals surface area contributed by atoms with Crippen LogP contribution in [0.3, 0.4) is 0 Å². The molecular formula is C14H16N4O. The van der Waals surface area contributed by atoms with Gasteiger partial charge in [0.05, 0.1) is 18.2 Å². The van der Waals surface area contributed by atoms with Gasteiger partial charge in [0.2, 0.25) is 11.8 Å². The summed E-state index contributed by atoms with van der Waals surface area (Å²) in [6.07, 6.45) is 0. The maximum atomic E-state index is 8.86. The third-order valence-corrected chi connectivity index (χ3v) is 2.48. The Morgan fingerprint density at radius 3 is 2.79 bits per heavy atom. The summed E-state index contributed by atoms with van der Waals surface area (Å²) in [6, 6.07) is 9.19. The van der Waals surface area contributed by atoms with Crippen molar-refractivity contribution in [2.24, 2.45) is 0 Å². The molecule has 0 saturated carbocycles. The lowest BCUT2D eigenvalue weighted by Crippen LogP contribution is -2.35. The summed E-state index contributed by atoms with van der Waals surface area (Å²) in [5.74, 6) is 0.968. The van der Waals surface area contributed by atoms with Gasteiger partial charge in [0.25, 0.3) is 0 Å². The molecular weight excluding hydrogens is 240 g/mol. The van der Waals surface area contributed by atoms with Gasteiger partial charge in [-0.05, 0) is 39.0 Å². The third-order valence-electron chi connectivity index (χ3n) is 2.48. The summed E-state index contributed by atoms with van der Waals surface area (Å²) in [5, 5.41) is 20.1. The summed E-state index contributed by atoms with van der Waals surface area (Å²) in [5.41, 5.74) is 1.33. The summed E-state index contributed by atoms with van der Waals surface area (Å²) < 4.78 is 5.57. The van der Waals surface area contributed by atoms with Crippen molar-refractivity contribution in [3.63, 3.8) is 0 Å². The molecule has 0 radical (unpaired) electrons. The zero-order valence-electron chi connectivity index (χ0n) is 11.3. The molecule has 19 heavy (non-hydrogen) atoms. The fourth-order valence-corrected chi connectivity index (χ4v) is 1.50. The first-order chi connectivity index (χ1) is 8.98. The first-order valence-corrected chi connectivity index (χ1v) is 6.06. The number of hydrogen-bond acceptors (Lipinski definition) is 5. The highest BCUT2D eigenvalue weighted by atomic mass is 16.4. The van der Waals surface area contributed by atoms with Crippen LogP contribution in [0.5, 0.6) is 0 Å². The van der Waals surface area contributed by atoms with Gasteiger partial charge in [-0.25, -0.2) is 0 Å². The number of hydrogen-bond donors (Lipinski definition) is 1. The van der Waals surface area contributed by atoms with E-state index >= 15 is 0 Å². The van der Waals surface area contributed by atoms with Crippen LogP contribution >= 0.6 is 0 Å². The first-order valence-electron chi connectivity index (χ1n) is 6.06. The van der Waals surface area contributed by atoms with Gasteiger partial charge >= 0.3 is 0 Å². The van der Waals surface area contributed by atoms with E-state index in [9.17, 15) is 0 Å². The van der Waals surface area contributed by atoms with Crippen molar-refractivity contribution in [2.45, 2.75) is 32.9 Å². The Bertz CT molecular complexity index is 604. The second-order valence-electron chi connectivity index (χ2n) is 5.30. The average molecular weight is 256 g/mol. The predicted molar refractivity (Wildman–Crippen MR) is 71.0 cm³/mol. The van der Waals surface area contributed by atoms with Gasteiger partial charge in [0, 0.05) is 11.1 Å². The van der Waals surface area contributed by atoms with E-state index in [1.165, 1.54) is 0 Å². The van der Waals surface area contributed by atoms with Gasteiger partial charge in [-0.1, -0.05) is 6.07 Å². The maximum absolute atomic E-state index is 8.86. The minimum Gasteiger partial charge on any atom is -0.419 e. The number of aromatic nitrogens is 2. The standard InChI is InChI=1S/C14H16N4O/c1-14(2,3)16-9-12-17-18-13(19-12)11-6-4-5-10(7-11)8-15/h4-7,16H,9H2,1-3H3. The number of benzene rings is 1. The minimum atomic E-state index is -0.00461. The Labute approximate surface area is 112 Å². The molecule has 1 heterocycles. The normalized spacial score (nSPS) is 11.3. The van der Waals surface area contributed by atoms with Crippen molar-refractivity contribution in [3.05, 3.63) is 35.7 Å². The van der Waals surface area contributed by atoms with Gasteiger partial charge in [-0.15, -0.1) is 10.2 Å². The van der Waals surface area contributed by atoms with E-state index in [4.69, 9.17) is 9.68 Å². The smallest absolute Gasteiger partial charge is 0.247 e. The molecule has 1 aromatic heterocycles. The zero-order chi connectivity index (χ0) is 13.9. The molecule has 1 aromatic carbocycles. The van der Waals surface area contributed by atoms with Crippen molar-refractivity contribution in [3.8, 4) is 17.5 Å². The Balaban J connectivity index is 2.14. The van der Waals surface area contributed by atoms with Gasteiger partial charge in [-0.3, -0.25) is 0 Å². The molecule has 98 valence electrons. The summed E-state index contributed by atoms with van der Waals surface area (Å²) in [7, 11) is 0. The lowest BCUT2D eigenvalue weighted by atomic mass is 10.1. The number of rotatable bonds is 3. The number of nitrogens with zero attached hydrogens (tertiary/aromatic N) is 3. The SMILES string of the molecule is CC(C)(C)NCc1nnc(-c2cccc(C#N)c2)o1. The third kappa shape index (κ3) is 3.63. The second-order valence-corrected chi connectivity index (χ2v) is 5.30. The molecule has 0 saturated heterocycles. The Morgan fingerprint density at radius 1 is 1.32 bits per heavy atom. The molecule has 0 aliphatic rings. The van der Waals surface area contributed by atoms with Crippen molar-refractivity contribution < 1.29 is 4.42 Å². The fraction of sp³-hybridized carbons (Fsp3) is 0.357. The highest BCUT2D eigenvalue weighted by Crippen LogP contribution is 2.19. The molecule has 0 fully saturated rings. The van der Waals surface area contributed by atoms with Gasteiger partial charge in [0.1, 0.15) is 0 Å². The van der Waals surface area contributed by atoms with Crippen LogP contribution in [0.25, 0.3) is 11.5 Å². The van der Waals surface area contributed by atoms with E-state index in [0.717, 1.165) is 5.56 Å². The minimum absolute atomic E-state index is 0.00461. The molecule has 5 heteroatoms. The molecule has 0 atom stereocenters. The van der Waals surface area contributed by atoms with E-state index in [1.807, 2.05) is 6.07 Å². The first kappa shape index (κ1) is 13.2. The van der Waals surface area contributed by atoms with E-state index in [1.54, 1.807) is 18.2 Å². The summed E-state index contributed by atoms with van der Waals surface area (Å²) in [6.45, 7) is 6.73. The van der Waals surface area contributed by atoms with Crippen molar-refractivity contribution >= 4 is 0 Å². The topological polar surface area (TPSA) is 74.7 Å². The Morgan fingerprint density at radius 2 is 2.11 bits per heavy atom. The van der Waals surface area contributed by atoms with Crippen LogP contribution in [0, 0.1) is 11.3 Å². The molecule has 0 spiro atoms. The molecule has 0 amide bonds. The van der Waals surface area contributed by atoms with Crippen molar-refractivity contribution in [2.75, 3.05) is 0 Å². The van der Waals surface area contributed by atoms with Gasteiger partial charge in [-0.2, -0.15) is 5.26 Å². The van der Waals surface area contributed by atoms with E-state index < -0.39 is 0 Å².